The molecular formula is C22H20N4O3S. The molecule has 1 amide bonds. The van der Waals surface area contributed by atoms with Crippen molar-refractivity contribution in [1.29, 1.82) is 0 Å². The second-order valence-corrected chi connectivity index (χ2v) is 8.78. The van der Waals surface area contributed by atoms with Crippen LogP contribution in [0.2, 0.25) is 0 Å². The SMILES string of the molecule is Cc1cccc2nc(C(=O)Nc3cccc(S(=O)(=O)N(C)c4ccccc4)c3)cn12. The van der Waals surface area contributed by atoms with Gasteiger partial charge < -0.3 is 9.72 Å². The molecule has 4 rings (SSSR count). The number of rotatable bonds is 5. The van der Waals surface area contributed by atoms with E-state index >= 15 is 0 Å². The topological polar surface area (TPSA) is 83.8 Å². The monoisotopic (exact) mass is 420 g/mol. The number of hydrogen-bond donors (Lipinski definition) is 1. The number of fused-ring (bicyclic) bond motifs is 1. The van der Waals surface area contributed by atoms with Crippen LogP contribution in [-0.4, -0.2) is 30.8 Å². The minimum Gasteiger partial charge on any atom is -0.321 e. The van der Waals surface area contributed by atoms with Gasteiger partial charge in [0.15, 0.2) is 0 Å². The highest BCUT2D eigenvalue weighted by Crippen LogP contribution is 2.24. The molecule has 0 aliphatic heterocycles. The number of pyridine rings is 1. The molecule has 2 heterocycles. The quantitative estimate of drug-likeness (QED) is 0.533. The number of hydrogen-bond acceptors (Lipinski definition) is 4. The van der Waals surface area contributed by atoms with Crippen molar-refractivity contribution in [3.63, 3.8) is 0 Å². The first-order valence-corrected chi connectivity index (χ1v) is 10.7. The van der Waals surface area contributed by atoms with E-state index < -0.39 is 15.9 Å². The van der Waals surface area contributed by atoms with Crippen molar-refractivity contribution < 1.29 is 13.2 Å². The molecule has 0 saturated heterocycles. The number of benzene rings is 2. The predicted octanol–water partition coefficient (Wildman–Crippen LogP) is 3.72. The van der Waals surface area contributed by atoms with Crippen molar-refractivity contribution in [2.24, 2.45) is 0 Å². The van der Waals surface area contributed by atoms with Gasteiger partial charge in [-0.1, -0.05) is 30.3 Å². The molecule has 0 saturated carbocycles. The lowest BCUT2D eigenvalue weighted by Crippen LogP contribution is -2.26. The number of nitrogens with one attached hydrogen (secondary N) is 1. The van der Waals surface area contributed by atoms with Crippen LogP contribution < -0.4 is 9.62 Å². The normalized spacial score (nSPS) is 11.4. The van der Waals surface area contributed by atoms with Gasteiger partial charge in [0.2, 0.25) is 0 Å². The number of aryl methyl sites for hydroxylation is 1. The van der Waals surface area contributed by atoms with E-state index in [-0.39, 0.29) is 10.6 Å². The Bertz CT molecular complexity index is 1330. The number of para-hydroxylation sites is 1. The highest BCUT2D eigenvalue weighted by atomic mass is 32.2. The zero-order valence-electron chi connectivity index (χ0n) is 16.5. The smallest absolute Gasteiger partial charge is 0.275 e. The summed E-state index contributed by atoms with van der Waals surface area (Å²) in [5.41, 5.74) is 2.79. The minimum atomic E-state index is -3.78. The van der Waals surface area contributed by atoms with Crippen LogP contribution in [0, 0.1) is 6.92 Å². The Morgan fingerprint density at radius 2 is 1.73 bits per heavy atom. The van der Waals surface area contributed by atoms with E-state index in [1.807, 2.05) is 35.6 Å². The fourth-order valence-corrected chi connectivity index (χ4v) is 4.36. The highest BCUT2D eigenvalue weighted by molar-refractivity contribution is 7.92. The van der Waals surface area contributed by atoms with Gasteiger partial charge in [-0.2, -0.15) is 0 Å². The molecule has 2 aromatic carbocycles. The van der Waals surface area contributed by atoms with Gasteiger partial charge in [0.25, 0.3) is 15.9 Å². The van der Waals surface area contributed by atoms with Crippen LogP contribution in [0.25, 0.3) is 5.65 Å². The van der Waals surface area contributed by atoms with Crippen molar-refractivity contribution in [3.8, 4) is 0 Å². The third-order valence-electron chi connectivity index (χ3n) is 4.80. The van der Waals surface area contributed by atoms with Crippen LogP contribution in [-0.2, 0) is 10.0 Å². The lowest BCUT2D eigenvalue weighted by molar-refractivity contribution is 0.102. The number of imidazole rings is 1. The van der Waals surface area contributed by atoms with Crippen LogP contribution in [0.15, 0.2) is 83.9 Å². The Morgan fingerprint density at radius 3 is 2.47 bits per heavy atom. The van der Waals surface area contributed by atoms with Gasteiger partial charge in [0.05, 0.1) is 10.6 Å². The van der Waals surface area contributed by atoms with Gasteiger partial charge in [-0.25, -0.2) is 13.4 Å². The van der Waals surface area contributed by atoms with Crippen LogP contribution in [0.5, 0.6) is 0 Å². The number of carbonyl (C=O) groups is 1. The molecule has 0 bridgehead atoms. The zero-order valence-corrected chi connectivity index (χ0v) is 17.3. The van der Waals surface area contributed by atoms with Gasteiger partial charge >= 0.3 is 0 Å². The molecule has 0 aliphatic rings. The van der Waals surface area contributed by atoms with Crippen molar-refractivity contribution in [2.75, 3.05) is 16.7 Å². The Balaban J connectivity index is 1.60. The van der Waals surface area contributed by atoms with E-state index in [2.05, 4.69) is 10.3 Å². The third-order valence-corrected chi connectivity index (χ3v) is 6.58. The molecule has 8 heteroatoms. The molecule has 2 aromatic heterocycles. The molecule has 0 fully saturated rings. The Kier molecular flexibility index (Phi) is 5.01. The number of carbonyl (C=O) groups excluding carboxylic acids is 1. The molecule has 0 atom stereocenters. The first kappa shape index (κ1) is 19.7. The predicted molar refractivity (Wildman–Crippen MR) is 116 cm³/mol. The molecule has 0 unspecified atom stereocenters. The molecule has 4 aromatic rings. The van der Waals surface area contributed by atoms with Gasteiger partial charge in [0.1, 0.15) is 11.3 Å². The summed E-state index contributed by atoms with van der Waals surface area (Å²) in [5.74, 6) is -0.413. The number of sulfonamides is 1. The molecule has 0 aliphatic carbocycles. The maximum atomic E-state index is 13.0. The summed E-state index contributed by atoms with van der Waals surface area (Å²) < 4.78 is 29.0. The number of nitrogens with zero attached hydrogens (tertiary/aromatic N) is 3. The summed E-state index contributed by atoms with van der Waals surface area (Å²) in [4.78, 5) is 17.1. The van der Waals surface area contributed by atoms with Crippen molar-refractivity contribution in [2.45, 2.75) is 11.8 Å². The zero-order chi connectivity index (χ0) is 21.3. The molecule has 0 radical (unpaired) electrons. The van der Waals surface area contributed by atoms with Gasteiger partial charge in [-0.3, -0.25) is 9.10 Å². The van der Waals surface area contributed by atoms with E-state index in [1.165, 1.54) is 23.5 Å². The second-order valence-electron chi connectivity index (χ2n) is 6.81. The van der Waals surface area contributed by atoms with Crippen molar-refractivity contribution >= 4 is 33.0 Å². The summed E-state index contributed by atoms with van der Waals surface area (Å²) in [5, 5.41) is 2.73. The first-order valence-electron chi connectivity index (χ1n) is 9.26. The fraction of sp³-hybridized carbons (Fsp3) is 0.0909. The molecule has 7 nitrogen and oxygen atoms in total. The van der Waals surface area contributed by atoms with Gasteiger partial charge in [-0.15, -0.1) is 0 Å². The molecular weight excluding hydrogens is 400 g/mol. The molecule has 30 heavy (non-hydrogen) atoms. The summed E-state index contributed by atoms with van der Waals surface area (Å²) in [6.07, 6.45) is 1.66. The summed E-state index contributed by atoms with van der Waals surface area (Å²) >= 11 is 0. The maximum Gasteiger partial charge on any atom is 0.275 e. The highest BCUT2D eigenvalue weighted by Gasteiger charge is 2.22. The van der Waals surface area contributed by atoms with Gasteiger partial charge in [0, 0.05) is 24.6 Å². The lowest BCUT2D eigenvalue weighted by Gasteiger charge is -2.19. The lowest BCUT2D eigenvalue weighted by atomic mass is 10.3. The van der Waals surface area contributed by atoms with E-state index in [9.17, 15) is 13.2 Å². The van der Waals surface area contributed by atoms with Crippen LogP contribution in [0.1, 0.15) is 16.2 Å². The van der Waals surface area contributed by atoms with E-state index in [0.717, 1.165) is 5.69 Å². The summed E-state index contributed by atoms with van der Waals surface area (Å²) in [7, 11) is -2.28. The molecule has 1 N–H and O–H groups in total. The maximum absolute atomic E-state index is 13.0. The van der Waals surface area contributed by atoms with E-state index in [1.54, 1.807) is 42.6 Å². The van der Waals surface area contributed by atoms with E-state index in [0.29, 0.717) is 17.0 Å². The largest absolute Gasteiger partial charge is 0.321 e. The fourth-order valence-electron chi connectivity index (χ4n) is 3.12. The number of anilines is 2. The Morgan fingerprint density at radius 1 is 1.00 bits per heavy atom. The van der Waals surface area contributed by atoms with Gasteiger partial charge in [-0.05, 0) is 49.4 Å². The Hall–Kier alpha value is -3.65. The third kappa shape index (κ3) is 3.65. The summed E-state index contributed by atoms with van der Waals surface area (Å²) in [6.45, 7) is 1.92. The van der Waals surface area contributed by atoms with E-state index in [4.69, 9.17) is 0 Å². The second kappa shape index (κ2) is 7.64. The molecule has 0 spiro atoms. The van der Waals surface area contributed by atoms with Crippen LogP contribution in [0.3, 0.4) is 0 Å². The summed E-state index contributed by atoms with van der Waals surface area (Å²) in [6, 6.07) is 20.6. The van der Waals surface area contributed by atoms with Crippen molar-refractivity contribution in [1.82, 2.24) is 9.38 Å². The average molecular weight is 420 g/mol. The first-order chi connectivity index (χ1) is 14.4. The Labute approximate surface area is 174 Å². The van der Waals surface area contributed by atoms with Crippen LogP contribution in [0.4, 0.5) is 11.4 Å². The van der Waals surface area contributed by atoms with Crippen molar-refractivity contribution in [3.05, 3.63) is 90.4 Å². The minimum absolute atomic E-state index is 0.0810. The molecule has 152 valence electrons. The number of amides is 1. The number of aromatic nitrogens is 2. The average Bonchev–Trinajstić information content (AvgIpc) is 3.20. The standard InChI is InChI=1S/C22H20N4O3S/c1-16-8-6-13-21-24-20(15-26(16)21)22(27)23-17-9-7-12-19(14-17)30(28,29)25(2)18-10-4-3-5-11-18/h3-15H,1-2H3,(H,23,27). The van der Waals surface area contributed by atoms with Crippen LogP contribution >= 0.6 is 0 Å².